The number of carbonyl (C=O) groups excluding carboxylic acids is 4. The Morgan fingerprint density at radius 3 is 2.20 bits per heavy atom. The van der Waals surface area contributed by atoms with E-state index < -0.39 is 70.2 Å². The first-order chi connectivity index (χ1) is 33.6. The molecule has 0 aliphatic carbocycles. The lowest BCUT2D eigenvalue weighted by atomic mass is 9.85. The number of aliphatic hydroxyl groups is 1. The zero-order valence-electron chi connectivity index (χ0n) is 41.4. The fourth-order valence-corrected chi connectivity index (χ4v) is 8.71. The summed E-state index contributed by atoms with van der Waals surface area (Å²) in [7, 11) is 0. The van der Waals surface area contributed by atoms with Gasteiger partial charge in [0.2, 0.25) is 17.7 Å². The van der Waals surface area contributed by atoms with Crippen molar-refractivity contribution in [2.45, 2.75) is 117 Å². The smallest absolute Gasteiger partial charge is 0.417 e. The van der Waals surface area contributed by atoms with Crippen LogP contribution in [0.25, 0.3) is 5.69 Å². The molecular formula is C52H65F3N8O8. The molecule has 19 heteroatoms. The number of ether oxygens (including phenoxy) is 3. The molecule has 6 rings (SSSR count). The Kier molecular flexibility index (Phi) is 17.6. The second-order valence-corrected chi connectivity index (χ2v) is 19.8. The highest BCUT2D eigenvalue weighted by Gasteiger charge is 2.47. The lowest BCUT2D eigenvalue weighted by Gasteiger charge is -2.35. The number of nitriles is 1. The van der Waals surface area contributed by atoms with Gasteiger partial charge in [-0.05, 0) is 119 Å². The number of anilines is 2. The summed E-state index contributed by atoms with van der Waals surface area (Å²) in [5.74, 6) is -0.725. The second kappa shape index (κ2) is 23.2. The molecule has 1 unspecified atom stereocenters. The van der Waals surface area contributed by atoms with Gasteiger partial charge in [0, 0.05) is 56.0 Å². The third-order valence-corrected chi connectivity index (χ3v) is 12.5. The predicted molar refractivity (Wildman–Crippen MR) is 260 cm³/mol. The lowest BCUT2D eigenvalue weighted by Crippen LogP contribution is -2.58. The van der Waals surface area contributed by atoms with Crippen LogP contribution in [-0.2, 0) is 30.0 Å². The summed E-state index contributed by atoms with van der Waals surface area (Å²) < 4.78 is 60.1. The maximum Gasteiger partial charge on any atom is 0.417 e. The van der Waals surface area contributed by atoms with E-state index in [2.05, 4.69) is 15.6 Å². The molecule has 0 radical (unpaired) electrons. The fraction of sp³-hybridized carbons (Fsp3) is 0.500. The van der Waals surface area contributed by atoms with Gasteiger partial charge in [-0.2, -0.15) is 18.4 Å². The van der Waals surface area contributed by atoms with Crippen molar-refractivity contribution in [1.29, 1.82) is 5.26 Å². The number of imidazole rings is 1. The lowest BCUT2D eigenvalue weighted by molar-refractivity contribution is -0.144. The predicted octanol–water partition coefficient (Wildman–Crippen LogP) is 7.64. The molecule has 0 bridgehead atoms. The Morgan fingerprint density at radius 2 is 1.55 bits per heavy atom. The van der Waals surface area contributed by atoms with Gasteiger partial charge in [-0.15, -0.1) is 0 Å². The van der Waals surface area contributed by atoms with Crippen molar-refractivity contribution in [3.63, 3.8) is 0 Å². The summed E-state index contributed by atoms with van der Waals surface area (Å²) in [5.41, 5.74) is 0.252. The Bertz CT molecular complexity index is 2520. The largest absolute Gasteiger partial charge is 0.494 e. The molecule has 2 aliphatic heterocycles. The molecule has 2 saturated heterocycles. The Balaban J connectivity index is 0.850. The van der Waals surface area contributed by atoms with Crippen LogP contribution in [0.3, 0.4) is 0 Å². The highest BCUT2D eigenvalue weighted by Crippen LogP contribution is 2.39. The van der Waals surface area contributed by atoms with Crippen LogP contribution in [0.5, 0.6) is 5.75 Å². The molecule has 1 aromatic heterocycles. The number of amides is 5. The average Bonchev–Trinajstić information content (AvgIpc) is 4.01. The molecule has 3 aromatic carbocycles. The molecule has 4 atom stereocenters. The number of hydrogen-bond acceptors (Lipinski definition) is 10. The average molecular weight is 987 g/mol. The molecule has 4 aromatic rings. The van der Waals surface area contributed by atoms with Gasteiger partial charge in [0.15, 0.2) is 0 Å². The van der Waals surface area contributed by atoms with E-state index in [1.54, 1.807) is 36.7 Å². The minimum atomic E-state index is -4.75. The first kappa shape index (κ1) is 53.9. The van der Waals surface area contributed by atoms with Crippen molar-refractivity contribution in [2.75, 3.05) is 55.9 Å². The number of aromatic nitrogens is 2. The molecule has 0 spiro atoms. The number of nitrogens with one attached hydrogen (secondary N) is 2. The zero-order chi connectivity index (χ0) is 51.7. The number of carbonyl (C=O) groups is 4. The summed E-state index contributed by atoms with van der Waals surface area (Å²) in [6, 6.07) is 16.8. The van der Waals surface area contributed by atoms with Gasteiger partial charge < -0.3 is 39.4 Å². The van der Waals surface area contributed by atoms with Gasteiger partial charge >= 0.3 is 12.2 Å². The summed E-state index contributed by atoms with van der Waals surface area (Å²) in [5, 5.41) is 25.6. The topological polar surface area (TPSA) is 192 Å². The van der Waals surface area contributed by atoms with E-state index in [-0.39, 0.29) is 44.5 Å². The van der Waals surface area contributed by atoms with Gasteiger partial charge in [-0.3, -0.25) is 24.2 Å². The Morgan fingerprint density at radius 1 is 0.901 bits per heavy atom. The Hall–Kier alpha value is -6.49. The van der Waals surface area contributed by atoms with Gasteiger partial charge in [-0.25, -0.2) is 9.78 Å². The van der Waals surface area contributed by atoms with Crippen LogP contribution in [0.1, 0.15) is 102 Å². The summed E-state index contributed by atoms with van der Waals surface area (Å²) in [4.78, 5) is 62.7. The first-order valence-electron chi connectivity index (χ1n) is 23.9. The number of benzene rings is 3. The number of aryl methyl sites for hydroxylation is 1. The second-order valence-electron chi connectivity index (χ2n) is 19.8. The quantitative estimate of drug-likeness (QED) is 0.0700. The van der Waals surface area contributed by atoms with Gasteiger partial charge in [-0.1, -0.05) is 32.9 Å². The highest BCUT2D eigenvalue weighted by atomic mass is 19.4. The molecule has 5 amide bonds. The van der Waals surface area contributed by atoms with Crippen LogP contribution in [0.4, 0.5) is 29.3 Å². The molecule has 2 aliphatic rings. The number of nitrogens with zero attached hydrogens (tertiary/aromatic N) is 6. The third kappa shape index (κ3) is 13.9. The summed E-state index contributed by atoms with van der Waals surface area (Å²) in [6.07, 6.45) is 1.06. The van der Waals surface area contributed by atoms with Crippen LogP contribution in [0.15, 0.2) is 79.3 Å². The van der Waals surface area contributed by atoms with Crippen LogP contribution < -0.4 is 25.2 Å². The number of halogens is 3. The standard InChI is InChI=1S/C52H65F3N8O8/c1-34-29-60(33-57-34)38-15-12-36(13-16-38)35(2)58-47(66)44-27-41(64)30-61(44)48(67)46(50(3,4)5)59-45(65)31-70-24-11-23-69-22-9-8-10-25-71-42-20-18-39(19-21-42)63-49(68)62(32-51(63,6)7)40-17-14-37(28-56)43(26-40)52(53,54)55/h12-21,26,29,33,35,41,44,46,64H,8-11,22-25,27,30-32H2,1-7H3,(H,58,66)(H,59,65)/t35-,41+,44-,46?/m0/s1. The summed E-state index contributed by atoms with van der Waals surface area (Å²) in [6.45, 7) is 14.4. The van der Waals surface area contributed by atoms with Crippen LogP contribution >= 0.6 is 0 Å². The number of β-amino-alcohol motifs (C(OH)–C–C–N with tert-alkyl or cyclic N) is 1. The fourth-order valence-electron chi connectivity index (χ4n) is 8.71. The number of likely N-dealkylation sites (tertiary alicyclic amines) is 1. The van der Waals surface area contributed by atoms with Crippen molar-refractivity contribution < 1.29 is 51.7 Å². The highest BCUT2D eigenvalue weighted by molar-refractivity contribution is 6.07. The summed E-state index contributed by atoms with van der Waals surface area (Å²) >= 11 is 0. The van der Waals surface area contributed by atoms with E-state index in [1.165, 1.54) is 20.8 Å². The molecule has 0 saturated carbocycles. The number of alkyl halides is 3. The molecule has 2 fully saturated rings. The zero-order valence-corrected chi connectivity index (χ0v) is 41.4. The van der Waals surface area contributed by atoms with Gasteiger partial charge in [0.1, 0.15) is 24.4 Å². The van der Waals surface area contributed by atoms with Crippen molar-refractivity contribution in [3.05, 3.63) is 102 Å². The van der Waals surface area contributed by atoms with Crippen LogP contribution in [0.2, 0.25) is 0 Å². The van der Waals surface area contributed by atoms with Crippen molar-refractivity contribution in [2.24, 2.45) is 5.41 Å². The van der Waals surface area contributed by atoms with E-state index in [1.807, 2.05) is 83.5 Å². The number of aliphatic hydroxyl groups excluding tert-OH is 1. The van der Waals surface area contributed by atoms with Gasteiger partial charge in [0.05, 0.1) is 60.1 Å². The van der Waals surface area contributed by atoms with Crippen LogP contribution in [-0.4, -0.2) is 113 Å². The molecule has 71 heavy (non-hydrogen) atoms. The molecule has 3 N–H and O–H groups in total. The molecule has 16 nitrogen and oxygen atoms in total. The Labute approximate surface area is 413 Å². The van der Waals surface area contributed by atoms with E-state index in [9.17, 15) is 42.7 Å². The minimum absolute atomic E-state index is 0.0364. The molecule has 3 heterocycles. The maximum absolute atomic E-state index is 14.0. The van der Waals surface area contributed by atoms with Gasteiger partial charge in [0.25, 0.3) is 0 Å². The number of rotatable bonds is 21. The monoisotopic (exact) mass is 986 g/mol. The minimum Gasteiger partial charge on any atom is -0.494 e. The maximum atomic E-state index is 14.0. The number of unbranched alkanes of at least 4 members (excludes halogenated alkanes) is 2. The van der Waals surface area contributed by atoms with Crippen LogP contribution in [0, 0.1) is 23.7 Å². The molecular weight excluding hydrogens is 922 g/mol. The SMILES string of the molecule is Cc1cn(-c2ccc([C@H](C)NC(=O)[C@@H]3C[C@@H](O)CN3C(=O)C(NC(=O)COCCCOCCCCCOc3ccc(N4C(=O)N(c5ccc(C#N)c(C(F)(F)F)c5)CC4(C)C)cc3)C(C)(C)C)cc2)cn1. The van der Waals surface area contributed by atoms with Crippen molar-refractivity contribution >= 4 is 35.1 Å². The van der Waals surface area contributed by atoms with E-state index >= 15 is 0 Å². The number of urea groups is 1. The van der Waals surface area contributed by atoms with E-state index in [4.69, 9.17) is 14.2 Å². The molecule has 382 valence electrons. The van der Waals surface area contributed by atoms with Crippen molar-refractivity contribution in [1.82, 2.24) is 25.1 Å². The van der Waals surface area contributed by atoms with Crippen molar-refractivity contribution in [3.8, 4) is 17.5 Å². The first-order valence-corrected chi connectivity index (χ1v) is 23.9. The van der Waals surface area contributed by atoms with E-state index in [0.717, 1.165) is 48.3 Å². The third-order valence-electron chi connectivity index (χ3n) is 12.5. The normalized spacial score (nSPS) is 17.8. The number of hydrogen-bond donors (Lipinski definition) is 3. The van der Waals surface area contributed by atoms with E-state index in [0.29, 0.717) is 37.7 Å².